The van der Waals surface area contributed by atoms with Crippen molar-refractivity contribution in [1.29, 1.82) is 0 Å². The van der Waals surface area contributed by atoms with Crippen molar-refractivity contribution in [2.24, 2.45) is 0 Å². The van der Waals surface area contributed by atoms with Crippen LogP contribution in [0.1, 0.15) is 27.7 Å². The molecule has 0 spiro atoms. The van der Waals surface area contributed by atoms with Gasteiger partial charge in [0.15, 0.2) is 0 Å². The minimum atomic E-state index is -1.15. The summed E-state index contributed by atoms with van der Waals surface area (Å²) in [6.45, 7) is 6.03. The van der Waals surface area contributed by atoms with Crippen LogP contribution in [-0.2, 0) is 14.3 Å². The molecule has 2 amide bonds. The fourth-order valence-electron chi connectivity index (χ4n) is 0.866. The number of hydrogen-bond acceptors (Lipinski definition) is 4. The Hall–Kier alpha value is -1.79. The van der Waals surface area contributed by atoms with Crippen LogP contribution in [0.25, 0.3) is 0 Å². The molecule has 7 nitrogen and oxygen atoms in total. The quantitative estimate of drug-likeness (QED) is 0.611. The van der Waals surface area contributed by atoms with Crippen LogP contribution in [0.4, 0.5) is 4.79 Å². The molecule has 0 rings (SSSR count). The fourth-order valence-corrected chi connectivity index (χ4v) is 0.866. The van der Waals surface area contributed by atoms with Gasteiger partial charge in [-0.25, -0.2) is 4.79 Å². The van der Waals surface area contributed by atoms with Gasteiger partial charge in [-0.3, -0.25) is 9.59 Å². The second-order valence-electron chi connectivity index (χ2n) is 4.48. The topological polar surface area (TPSA) is 105 Å². The number of aliphatic carboxylic acids is 1. The van der Waals surface area contributed by atoms with Gasteiger partial charge < -0.3 is 20.5 Å². The van der Waals surface area contributed by atoms with E-state index in [1.807, 2.05) is 0 Å². The van der Waals surface area contributed by atoms with Gasteiger partial charge >= 0.3 is 12.1 Å². The Balaban J connectivity index is 4.08. The monoisotopic (exact) mass is 247 g/mol. The number of carbonyl (C=O) groups excluding carboxylic acids is 2. The van der Waals surface area contributed by atoms with Gasteiger partial charge in [0.1, 0.15) is 18.2 Å². The molecule has 0 saturated heterocycles. The number of alkyl carbamates (subject to hydrolysis) is 1. The second kappa shape index (κ2) is 6.07. The zero-order valence-corrected chi connectivity index (χ0v) is 10.4. The van der Waals surface area contributed by atoms with Crippen molar-refractivity contribution in [3.63, 3.8) is 0 Å². The van der Waals surface area contributed by atoms with Gasteiger partial charge in [-0.05, 0) is 27.7 Å². The molecule has 0 aliphatic rings. The van der Waals surface area contributed by atoms with E-state index in [2.05, 4.69) is 10.6 Å². The third-order valence-electron chi connectivity index (χ3n) is 1.54. The highest BCUT2D eigenvalue weighted by Crippen LogP contribution is 2.06. The Kier molecular flexibility index (Phi) is 5.43. The molecule has 17 heavy (non-hydrogen) atoms. The standard InChI is InChI=1S/C10H18N2O5/c1-6(8(15)11-5-7(13)14)12-9(16)17-10(2,3)4/h6H,5H2,1-4H3,(H,11,15)(H,12,16)(H,13,14)/i11+1. The minimum Gasteiger partial charge on any atom is -0.480 e. The summed E-state index contributed by atoms with van der Waals surface area (Å²) in [6.07, 6.45) is -0.726. The molecular weight excluding hydrogens is 229 g/mol. The fraction of sp³-hybridized carbons (Fsp3) is 0.700. The van der Waals surface area contributed by atoms with Crippen molar-refractivity contribution < 1.29 is 24.2 Å². The lowest BCUT2D eigenvalue weighted by atomic mass is 10.2. The Morgan fingerprint density at radius 1 is 1.29 bits per heavy atom. The van der Waals surface area contributed by atoms with E-state index in [-0.39, 0.29) is 0 Å². The number of rotatable bonds is 4. The molecule has 1 unspecified atom stereocenters. The average molecular weight is 247 g/mol. The summed E-state index contributed by atoms with van der Waals surface area (Å²) in [5, 5.41) is 12.8. The number of carboxylic acids is 1. The summed E-state index contributed by atoms with van der Waals surface area (Å²) in [6, 6.07) is -0.857. The van der Waals surface area contributed by atoms with E-state index in [1.165, 1.54) is 6.92 Å². The number of amides is 2. The van der Waals surface area contributed by atoms with E-state index >= 15 is 0 Å². The zero-order valence-electron chi connectivity index (χ0n) is 10.4. The normalized spacial score (nSPS) is 12.5. The van der Waals surface area contributed by atoms with Gasteiger partial charge in [0.05, 0.1) is 0 Å². The Morgan fingerprint density at radius 2 is 1.82 bits per heavy atom. The van der Waals surface area contributed by atoms with Crippen LogP contribution in [0.2, 0.25) is 0 Å². The van der Waals surface area contributed by atoms with Gasteiger partial charge in [-0.1, -0.05) is 0 Å². The van der Waals surface area contributed by atoms with Crippen LogP contribution in [0.5, 0.6) is 0 Å². The third-order valence-corrected chi connectivity index (χ3v) is 1.54. The number of carbonyl (C=O) groups is 3. The maximum absolute atomic E-state index is 11.3. The first-order valence-corrected chi connectivity index (χ1v) is 5.11. The van der Waals surface area contributed by atoms with Crippen molar-refractivity contribution in [1.82, 2.24) is 10.6 Å². The first kappa shape index (κ1) is 15.2. The van der Waals surface area contributed by atoms with Gasteiger partial charge in [-0.2, -0.15) is 0 Å². The van der Waals surface area contributed by atoms with Gasteiger partial charge in [0.25, 0.3) is 0 Å². The molecule has 7 heteroatoms. The van der Waals surface area contributed by atoms with E-state index < -0.39 is 36.2 Å². The molecule has 0 bridgehead atoms. The van der Waals surface area contributed by atoms with Crippen molar-refractivity contribution >= 4 is 18.0 Å². The van der Waals surface area contributed by atoms with Gasteiger partial charge in [0, 0.05) is 0 Å². The molecule has 0 aromatic carbocycles. The number of ether oxygens (including phenoxy) is 1. The summed E-state index contributed by atoms with van der Waals surface area (Å²) in [4.78, 5) is 32.8. The maximum atomic E-state index is 11.3. The largest absolute Gasteiger partial charge is 0.480 e. The molecule has 0 aliphatic carbocycles. The highest BCUT2D eigenvalue weighted by molar-refractivity contribution is 5.87. The Bertz CT molecular complexity index is 308. The lowest BCUT2D eigenvalue weighted by molar-refractivity contribution is -0.138. The minimum absolute atomic E-state index is 0.487. The van der Waals surface area contributed by atoms with Crippen LogP contribution in [0, 0.1) is 0 Å². The molecule has 0 aliphatic heterocycles. The molecule has 0 aromatic rings. The van der Waals surface area contributed by atoms with E-state index in [0.717, 1.165) is 0 Å². The Morgan fingerprint density at radius 3 is 2.24 bits per heavy atom. The molecule has 0 fully saturated rings. The van der Waals surface area contributed by atoms with Gasteiger partial charge in [0.2, 0.25) is 5.91 Å². The van der Waals surface area contributed by atoms with E-state index in [9.17, 15) is 14.4 Å². The van der Waals surface area contributed by atoms with E-state index in [4.69, 9.17) is 9.84 Å². The summed E-state index contributed by atoms with van der Waals surface area (Å²) in [5.74, 6) is -1.74. The summed E-state index contributed by atoms with van der Waals surface area (Å²) in [7, 11) is 0. The van der Waals surface area contributed by atoms with Gasteiger partial charge in [-0.15, -0.1) is 0 Å². The molecule has 0 saturated carbocycles. The molecule has 98 valence electrons. The molecular formula is C10H18N2O5. The van der Waals surface area contributed by atoms with Crippen molar-refractivity contribution in [3.8, 4) is 0 Å². The molecule has 0 aromatic heterocycles. The number of hydrogen-bond donors (Lipinski definition) is 3. The van der Waals surface area contributed by atoms with Crippen LogP contribution in [0.15, 0.2) is 0 Å². The van der Waals surface area contributed by atoms with E-state index in [1.54, 1.807) is 20.8 Å². The molecule has 0 heterocycles. The SMILES string of the molecule is CC(NC(=O)OC(C)(C)C)C(=O)[15NH]CC(=O)O. The average Bonchev–Trinajstić information content (AvgIpc) is 2.10. The highest BCUT2D eigenvalue weighted by atomic mass is 16.6. The second-order valence-corrected chi connectivity index (χ2v) is 4.48. The van der Waals surface area contributed by atoms with E-state index in [0.29, 0.717) is 0 Å². The van der Waals surface area contributed by atoms with Crippen LogP contribution >= 0.6 is 0 Å². The zero-order chi connectivity index (χ0) is 13.6. The molecule has 1 atom stereocenters. The smallest absolute Gasteiger partial charge is 0.408 e. The third kappa shape index (κ3) is 8.06. The summed E-state index contributed by atoms with van der Waals surface area (Å²) < 4.78 is 4.94. The first-order chi connectivity index (χ1) is 7.61. The molecule has 3 N–H and O–H groups in total. The first-order valence-electron chi connectivity index (χ1n) is 5.11. The van der Waals surface area contributed by atoms with Crippen LogP contribution in [0.3, 0.4) is 0 Å². The predicted octanol–water partition coefficient (Wildman–Crippen LogP) is 0.100. The van der Waals surface area contributed by atoms with Crippen LogP contribution < -0.4 is 10.6 Å². The predicted molar refractivity (Wildman–Crippen MR) is 59.5 cm³/mol. The maximum Gasteiger partial charge on any atom is 0.408 e. The van der Waals surface area contributed by atoms with Crippen molar-refractivity contribution in [2.45, 2.75) is 39.3 Å². The van der Waals surface area contributed by atoms with Crippen LogP contribution in [-0.4, -0.2) is 41.3 Å². The number of nitrogens with one attached hydrogen (secondary N) is 2. The molecule has 0 radical (unpaired) electrons. The van der Waals surface area contributed by atoms with Crippen molar-refractivity contribution in [2.75, 3.05) is 6.54 Å². The van der Waals surface area contributed by atoms with Crippen molar-refractivity contribution in [3.05, 3.63) is 0 Å². The lowest BCUT2D eigenvalue weighted by Crippen LogP contribution is -2.47. The number of carboxylic acid groups (broad SMARTS) is 1. The highest BCUT2D eigenvalue weighted by Gasteiger charge is 2.20. The lowest BCUT2D eigenvalue weighted by Gasteiger charge is -2.21. The summed E-state index contributed by atoms with van der Waals surface area (Å²) in [5.41, 5.74) is -0.651. The summed E-state index contributed by atoms with van der Waals surface area (Å²) >= 11 is 0. The Labute approximate surface area is 99.5 Å².